The summed E-state index contributed by atoms with van der Waals surface area (Å²) >= 11 is 0. The van der Waals surface area contributed by atoms with Gasteiger partial charge >= 0.3 is 0 Å². The number of likely N-dealkylation sites (N-methyl/N-ethyl adjacent to an activating group) is 1. The molecule has 4 aromatic carbocycles. The van der Waals surface area contributed by atoms with Gasteiger partial charge in [0.25, 0.3) is 5.91 Å². The Balaban J connectivity index is 1.78. The molecule has 0 aromatic heterocycles. The van der Waals surface area contributed by atoms with E-state index in [2.05, 4.69) is 4.72 Å². The monoisotopic (exact) mass is 526 g/mol. The van der Waals surface area contributed by atoms with Crippen LogP contribution in [-0.2, 0) is 10.0 Å². The van der Waals surface area contributed by atoms with Crippen molar-refractivity contribution in [1.82, 2.24) is 9.62 Å². The molecule has 194 valence electrons. The van der Waals surface area contributed by atoms with Crippen molar-refractivity contribution in [2.45, 2.75) is 17.0 Å². The van der Waals surface area contributed by atoms with Gasteiger partial charge in [0, 0.05) is 12.6 Å². The van der Waals surface area contributed by atoms with Crippen molar-refractivity contribution in [3.05, 3.63) is 138 Å². The molecule has 0 spiro atoms. The fraction of sp³-hybridized carbons (Fsp3) is 0.129. The maximum Gasteiger partial charge on any atom is 0.254 e. The second-order valence-corrected chi connectivity index (χ2v) is 10.4. The predicted molar refractivity (Wildman–Crippen MR) is 150 cm³/mol. The Morgan fingerprint density at radius 3 is 1.95 bits per heavy atom. The standard InChI is InChI=1S/C31H30N2O4S/c1-33(31(34)26-14-8-4-9-15-26)30(25-12-6-3-7-13-25)29(23-20-24-18-21-27(37-2)22-19-24)32-38(35,36)28-16-10-5-11-17-28/h3-23,29-30,32H,1-2H3/b23-20+. The molecule has 0 saturated carbocycles. The molecule has 0 heterocycles. The van der Waals surface area contributed by atoms with Gasteiger partial charge in [-0.1, -0.05) is 91.0 Å². The lowest BCUT2D eigenvalue weighted by atomic mass is 9.96. The molecule has 4 aromatic rings. The number of hydrogen-bond acceptors (Lipinski definition) is 4. The number of methoxy groups -OCH3 is 1. The molecule has 0 saturated heterocycles. The molecule has 0 bridgehead atoms. The maximum atomic E-state index is 13.6. The van der Waals surface area contributed by atoms with Crippen molar-refractivity contribution in [1.29, 1.82) is 0 Å². The number of sulfonamides is 1. The van der Waals surface area contributed by atoms with E-state index in [1.165, 1.54) is 0 Å². The van der Waals surface area contributed by atoms with Gasteiger partial charge in [0.2, 0.25) is 10.0 Å². The summed E-state index contributed by atoms with van der Waals surface area (Å²) in [7, 11) is -0.618. The number of amides is 1. The Bertz CT molecular complexity index is 1460. The minimum absolute atomic E-state index is 0.145. The van der Waals surface area contributed by atoms with E-state index in [-0.39, 0.29) is 10.8 Å². The summed E-state index contributed by atoms with van der Waals surface area (Å²) in [4.78, 5) is 15.3. The van der Waals surface area contributed by atoms with Crippen molar-refractivity contribution in [3.8, 4) is 5.75 Å². The number of ether oxygens (including phenoxy) is 1. The van der Waals surface area contributed by atoms with Gasteiger partial charge in [-0.2, -0.15) is 0 Å². The van der Waals surface area contributed by atoms with Gasteiger partial charge in [0.05, 0.1) is 24.1 Å². The maximum absolute atomic E-state index is 13.6. The van der Waals surface area contributed by atoms with Crippen LogP contribution < -0.4 is 9.46 Å². The minimum atomic E-state index is -3.91. The molecule has 0 fully saturated rings. The molecule has 0 aliphatic rings. The van der Waals surface area contributed by atoms with Gasteiger partial charge in [0.1, 0.15) is 5.75 Å². The molecule has 1 N–H and O–H groups in total. The topological polar surface area (TPSA) is 75.7 Å². The van der Waals surface area contributed by atoms with Crippen LogP contribution >= 0.6 is 0 Å². The number of carbonyl (C=O) groups excluding carboxylic acids is 1. The third kappa shape index (κ3) is 6.56. The van der Waals surface area contributed by atoms with Crippen LogP contribution in [-0.4, -0.2) is 39.4 Å². The molecule has 38 heavy (non-hydrogen) atoms. The summed E-state index contributed by atoms with van der Waals surface area (Å²) in [6.45, 7) is 0. The van der Waals surface area contributed by atoms with E-state index >= 15 is 0 Å². The van der Waals surface area contributed by atoms with E-state index in [4.69, 9.17) is 4.74 Å². The van der Waals surface area contributed by atoms with E-state index in [0.717, 1.165) is 16.9 Å². The second kappa shape index (κ2) is 12.4. The zero-order valence-corrected chi connectivity index (χ0v) is 22.1. The number of nitrogens with zero attached hydrogens (tertiary/aromatic N) is 1. The van der Waals surface area contributed by atoms with Crippen LogP contribution in [0.15, 0.2) is 126 Å². The number of nitrogens with one attached hydrogen (secondary N) is 1. The van der Waals surface area contributed by atoms with Crippen molar-refractivity contribution < 1.29 is 17.9 Å². The second-order valence-electron chi connectivity index (χ2n) is 8.73. The van der Waals surface area contributed by atoms with Crippen molar-refractivity contribution in [3.63, 3.8) is 0 Å². The molecule has 4 rings (SSSR count). The Hall–Kier alpha value is -4.20. The first-order valence-electron chi connectivity index (χ1n) is 12.2. The summed E-state index contributed by atoms with van der Waals surface area (Å²) in [5, 5.41) is 0. The van der Waals surface area contributed by atoms with Crippen LogP contribution in [0.25, 0.3) is 6.08 Å². The van der Waals surface area contributed by atoms with Crippen LogP contribution in [0.4, 0.5) is 0 Å². The van der Waals surface area contributed by atoms with Crippen LogP contribution in [0, 0.1) is 0 Å². The van der Waals surface area contributed by atoms with Gasteiger partial charge in [-0.05, 0) is 47.5 Å². The van der Waals surface area contributed by atoms with Gasteiger partial charge in [0.15, 0.2) is 0 Å². The summed E-state index contributed by atoms with van der Waals surface area (Å²) in [5.41, 5.74) is 2.16. The molecule has 7 heteroatoms. The smallest absolute Gasteiger partial charge is 0.254 e. The number of hydrogen-bond donors (Lipinski definition) is 1. The SMILES string of the molecule is COc1ccc(/C=C/C(NS(=O)(=O)c2ccccc2)C(c2ccccc2)N(C)C(=O)c2ccccc2)cc1. The number of rotatable bonds is 10. The van der Waals surface area contributed by atoms with Crippen LogP contribution in [0.1, 0.15) is 27.5 Å². The molecule has 0 aliphatic heterocycles. The van der Waals surface area contributed by atoms with Gasteiger partial charge in [-0.25, -0.2) is 13.1 Å². The lowest BCUT2D eigenvalue weighted by Gasteiger charge is -2.34. The Kier molecular flexibility index (Phi) is 8.73. The summed E-state index contributed by atoms with van der Waals surface area (Å²) in [5.74, 6) is 0.500. The van der Waals surface area contributed by atoms with Gasteiger partial charge < -0.3 is 9.64 Å². The summed E-state index contributed by atoms with van der Waals surface area (Å²) in [6.07, 6.45) is 3.63. The highest BCUT2D eigenvalue weighted by molar-refractivity contribution is 7.89. The highest BCUT2D eigenvalue weighted by Gasteiger charge is 2.32. The normalized spacial score (nSPS) is 13.1. The predicted octanol–water partition coefficient (Wildman–Crippen LogP) is 5.57. The molecule has 6 nitrogen and oxygen atoms in total. The minimum Gasteiger partial charge on any atom is -0.497 e. The number of carbonyl (C=O) groups is 1. The highest BCUT2D eigenvalue weighted by atomic mass is 32.2. The first-order chi connectivity index (χ1) is 18.4. The van der Waals surface area contributed by atoms with E-state index in [1.807, 2.05) is 66.7 Å². The van der Waals surface area contributed by atoms with Crippen molar-refractivity contribution in [2.24, 2.45) is 0 Å². The molecule has 2 unspecified atom stereocenters. The molecule has 0 aliphatic carbocycles. The quantitative estimate of drug-likeness (QED) is 0.293. The van der Waals surface area contributed by atoms with E-state index in [9.17, 15) is 13.2 Å². The van der Waals surface area contributed by atoms with E-state index < -0.39 is 22.1 Å². The molecular weight excluding hydrogens is 496 g/mol. The fourth-order valence-electron chi connectivity index (χ4n) is 4.22. The lowest BCUT2D eigenvalue weighted by Crippen LogP contribution is -2.46. The van der Waals surface area contributed by atoms with Gasteiger partial charge in [-0.3, -0.25) is 4.79 Å². The highest BCUT2D eigenvalue weighted by Crippen LogP contribution is 2.28. The third-order valence-electron chi connectivity index (χ3n) is 6.20. The Labute approximate surface area is 224 Å². The van der Waals surface area contributed by atoms with Gasteiger partial charge in [-0.15, -0.1) is 0 Å². The first kappa shape index (κ1) is 26.9. The largest absolute Gasteiger partial charge is 0.497 e. The van der Waals surface area contributed by atoms with E-state index in [1.54, 1.807) is 79.7 Å². The number of benzene rings is 4. The molecule has 0 radical (unpaired) electrons. The van der Waals surface area contributed by atoms with E-state index in [0.29, 0.717) is 5.56 Å². The fourth-order valence-corrected chi connectivity index (χ4v) is 5.44. The van der Waals surface area contributed by atoms with Crippen LogP contribution in [0.5, 0.6) is 5.75 Å². The lowest BCUT2D eigenvalue weighted by molar-refractivity contribution is 0.0714. The van der Waals surface area contributed by atoms with Crippen molar-refractivity contribution in [2.75, 3.05) is 14.2 Å². The summed E-state index contributed by atoms with van der Waals surface area (Å²) in [6, 6.07) is 32.6. The molecular formula is C31H30N2O4S. The zero-order valence-electron chi connectivity index (χ0n) is 21.3. The van der Waals surface area contributed by atoms with Crippen LogP contribution in [0.3, 0.4) is 0 Å². The summed E-state index contributed by atoms with van der Waals surface area (Å²) < 4.78 is 35.0. The third-order valence-corrected chi connectivity index (χ3v) is 7.67. The van der Waals surface area contributed by atoms with Crippen molar-refractivity contribution >= 4 is 22.0 Å². The Morgan fingerprint density at radius 2 is 1.37 bits per heavy atom. The molecule has 1 amide bonds. The average molecular weight is 527 g/mol. The zero-order chi connectivity index (χ0) is 27.0. The average Bonchev–Trinajstić information content (AvgIpc) is 2.97. The first-order valence-corrected chi connectivity index (χ1v) is 13.6. The van der Waals surface area contributed by atoms with Crippen LogP contribution in [0.2, 0.25) is 0 Å². The molecule has 2 atom stereocenters. The Morgan fingerprint density at radius 1 is 0.816 bits per heavy atom.